The third kappa shape index (κ3) is 1.95. The summed E-state index contributed by atoms with van der Waals surface area (Å²) in [5, 5.41) is 0. The van der Waals surface area contributed by atoms with Crippen molar-refractivity contribution in [2.45, 2.75) is 20.3 Å². The van der Waals surface area contributed by atoms with E-state index in [0.717, 1.165) is 17.9 Å². The van der Waals surface area contributed by atoms with Gasteiger partial charge < -0.3 is 0 Å². The normalized spacial score (nSPS) is 12.1. The van der Waals surface area contributed by atoms with Crippen LogP contribution in [0.5, 0.6) is 0 Å². The number of fused-ring (bicyclic) bond motifs is 3. The van der Waals surface area contributed by atoms with E-state index in [4.69, 9.17) is 4.98 Å². The zero-order valence-electron chi connectivity index (χ0n) is 13.2. The lowest BCUT2D eigenvalue weighted by Crippen LogP contribution is -2.33. The van der Waals surface area contributed by atoms with Crippen LogP contribution in [0, 0.1) is 13.8 Å². The van der Waals surface area contributed by atoms with Crippen LogP contribution in [0.25, 0.3) is 22.6 Å². The van der Waals surface area contributed by atoms with E-state index < -0.39 is 0 Å². The van der Waals surface area contributed by atoms with Gasteiger partial charge in [-0.25, -0.2) is 4.57 Å². The summed E-state index contributed by atoms with van der Waals surface area (Å²) in [7, 11) is 2.09. The Morgan fingerprint density at radius 2 is 1.77 bits per heavy atom. The van der Waals surface area contributed by atoms with Crippen molar-refractivity contribution >= 4 is 0 Å². The van der Waals surface area contributed by atoms with Crippen molar-refractivity contribution in [2.75, 3.05) is 0 Å². The number of aromatic nitrogens is 2. The smallest absolute Gasteiger partial charge is 0.233 e. The fraction of sp³-hybridized carbons (Fsp3) is 0.200. The summed E-state index contributed by atoms with van der Waals surface area (Å²) in [5.74, 6) is 1.03. The van der Waals surface area contributed by atoms with Crippen molar-refractivity contribution in [1.29, 1.82) is 0 Å². The summed E-state index contributed by atoms with van der Waals surface area (Å²) in [6.45, 7) is 4.28. The molecule has 0 saturated carbocycles. The molecule has 2 aromatic carbocycles. The van der Waals surface area contributed by atoms with Gasteiger partial charge in [-0.2, -0.15) is 0 Å². The van der Waals surface area contributed by atoms with Gasteiger partial charge >= 0.3 is 5.82 Å². The molecule has 108 valence electrons. The predicted octanol–water partition coefficient (Wildman–Crippen LogP) is 3.76. The van der Waals surface area contributed by atoms with E-state index in [9.17, 15) is 0 Å². The third-order valence-corrected chi connectivity index (χ3v) is 4.49. The maximum absolute atomic E-state index is 5.03. The number of rotatable bonds is 1. The number of aryl methyl sites for hydroxylation is 3. The zero-order chi connectivity index (χ0) is 15.3. The summed E-state index contributed by atoms with van der Waals surface area (Å²) in [6.07, 6.45) is 3.22. The highest BCUT2D eigenvalue weighted by Crippen LogP contribution is 2.36. The lowest BCUT2D eigenvalue weighted by atomic mass is 10.1. The molecular weight excluding hydrogens is 268 g/mol. The van der Waals surface area contributed by atoms with Gasteiger partial charge in [0, 0.05) is 17.5 Å². The Labute approximate surface area is 131 Å². The first-order valence-corrected chi connectivity index (χ1v) is 7.69. The predicted molar refractivity (Wildman–Crippen MR) is 88.6 cm³/mol. The molecule has 22 heavy (non-hydrogen) atoms. The lowest BCUT2D eigenvalue weighted by molar-refractivity contribution is -0.663. The number of hydrogen-bond donors (Lipinski definition) is 0. The summed E-state index contributed by atoms with van der Waals surface area (Å²) < 4.78 is 2.15. The molecule has 2 heteroatoms. The molecule has 0 atom stereocenters. The number of hydrogen-bond acceptors (Lipinski definition) is 1. The fourth-order valence-electron chi connectivity index (χ4n) is 3.32. The van der Waals surface area contributed by atoms with E-state index in [2.05, 4.69) is 74.1 Å². The summed E-state index contributed by atoms with van der Waals surface area (Å²) in [4.78, 5) is 5.03. The number of nitrogens with zero attached hydrogens (tertiary/aromatic N) is 2. The van der Waals surface area contributed by atoms with E-state index in [1.54, 1.807) is 0 Å². The molecule has 1 heterocycles. The Bertz CT molecular complexity index is 894. The Hall–Kier alpha value is -2.48. The zero-order valence-corrected chi connectivity index (χ0v) is 13.2. The van der Waals surface area contributed by atoms with Crippen LogP contribution in [-0.4, -0.2) is 4.98 Å². The average molecular weight is 287 g/mol. The second-order valence-electron chi connectivity index (χ2n) is 6.20. The van der Waals surface area contributed by atoms with E-state index >= 15 is 0 Å². The Kier molecular flexibility index (Phi) is 2.86. The minimum absolute atomic E-state index is 0.986. The molecule has 0 N–H and O–H groups in total. The van der Waals surface area contributed by atoms with Crippen molar-refractivity contribution in [3.05, 3.63) is 70.9 Å². The highest BCUT2D eigenvalue weighted by molar-refractivity contribution is 5.75. The Balaban J connectivity index is 1.95. The first kappa shape index (κ1) is 13.2. The van der Waals surface area contributed by atoms with Crippen molar-refractivity contribution in [3.8, 4) is 22.6 Å². The van der Waals surface area contributed by atoms with E-state index in [0.29, 0.717) is 0 Å². The van der Waals surface area contributed by atoms with E-state index in [-0.39, 0.29) is 0 Å². The molecule has 2 nitrogen and oxygen atoms in total. The van der Waals surface area contributed by atoms with Gasteiger partial charge in [0.1, 0.15) is 0 Å². The fourth-order valence-corrected chi connectivity index (χ4v) is 3.32. The summed E-state index contributed by atoms with van der Waals surface area (Å²) >= 11 is 0. The van der Waals surface area contributed by atoms with Crippen LogP contribution in [0.4, 0.5) is 0 Å². The molecule has 3 aromatic rings. The second kappa shape index (κ2) is 4.77. The highest BCUT2D eigenvalue weighted by Gasteiger charge is 2.28. The largest absolute Gasteiger partial charge is 0.331 e. The molecular formula is C20H19N2+. The molecule has 0 unspecified atom stereocenters. The van der Waals surface area contributed by atoms with Crippen molar-refractivity contribution in [3.63, 3.8) is 0 Å². The van der Waals surface area contributed by atoms with Gasteiger partial charge in [0.15, 0.2) is 5.69 Å². The summed E-state index contributed by atoms with van der Waals surface area (Å²) in [6, 6.07) is 15.1. The van der Waals surface area contributed by atoms with Crippen LogP contribution in [0.2, 0.25) is 0 Å². The minimum Gasteiger partial charge on any atom is -0.233 e. The van der Waals surface area contributed by atoms with Gasteiger partial charge in [-0.1, -0.05) is 35.9 Å². The van der Waals surface area contributed by atoms with Crippen LogP contribution in [0.3, 0.4) is 0 Å². The molecule has 0 amide bonds. The highest BCUT2D eigenvalue weighted by atomic mass is 15.0. The van der Waals surface area contributed by atoms with Gasteiger partial charge in [-0.05, 0) is 42.1 Å². The standard InChI is InChI=1S/C20H19N2/c1-13-8-9-15-11-16-12-22(3)20(21-19(16)18(15)10-13)17-7-5-4-6-14(17)2/h4-10,12H,11H2,1-3H3/q+1. The maximum atomic E-state index is 5.03. The third-order valence-electron chi connectivity index (χ3n) is 4.49. The first-order chi connectivity index (χ1) is 10.6. The maximum Gasteiger partial charge on any atom is 0.331 e. The summed E-state index contributed by atoms with van der Waals surface area (Å²) in [5.41, 5.74) is 8.90. The molecule has 1 aliphatic rings. The van der Waals surface area contributed by atoms with Gasteiger partial charge in [-0.15, -0.1) is 0 Å². The van der Waals surface area contributed by atoms with Crippen molar-refractivity contribution in [1.82, 2.24) is 4.98 Å². The van der Waals surface area contributed by atoms with Crippen molar-refractivity contribution < 1.29 is 4.57 Å². The lowest BCUT2D eigenvalue weighted by Gasteiger charge is -2.04. The van der Waals surface area contributed by atoms with Crippen molar-refractivity contribution in [2.24, 2.45) is 7.05 Å². The molecule has 0 radical (unpaired) electrons. The Morgan fingerprint density at radius 3 is 2.59 bits per heavy atom. The number of benzene rings is 2. The SMILES string of the molecule is Cc1ccc2c(c1)-c1nc(-c3ccccc3C)[n+](C)cc1C2. The molecule has 0 saturated heterocycles. The molecule has 1 aromatic heterocycles. The first-order valence-electron chi connectivity index (χ1n) is 7.69. The topological polar surface area (TPSA) is 16.8 Å². The molecule has 0 bridgehead atoms. The molecule has 0 fully saturated rings. The minimum atomic E-state index is 0.986. The van der Waals surface area contributed by atoms with Crippen LogP contribution < -0.4 is 4.57 Å². The van der Waals surface area contributed by atoms with Gasteiger partial charge in [-0.3, -0.25) is 0 Å². The Morgan fingerprint density at radius 1 is 0.955 bits per heavy atom. The van der Waals surface area contributed by atoms with Gasteiger partial charge in [0.05, 0.1) is 18.8 Å². The van der Waals surface area contributed by atoms with E-state index in [1.165, 1.54) is 33.4 Å². The van der Waals surface area contributed by atoms with E-state index in [1.807, 2.05) is 0 Å². The van der Waals surface area contributed by atoms with Crippen LogP contribution in [0.15, 0.2) is 48.7 Å². The molecule has 0 spiro atoms. The average Bonchev–Trinajstić information content (AvgIpc) is 2.84. The van der Waals surface area contributed by atoms with Crippen LogP contribution >= 0.6 is 0 Å². The molecule has 4 rings (SSSR count). The van der Waals surface area contributed by atoms with Gasteiger partial charge in [0.25, 0.3) is 0 Å². The molecule has 1 aliphatic carbocycles. The monoisotopic (exact) mass is 287 g/mol. The van der Waals surface area contributed by atoms with Crippen LogP contribution in [0.1, 0.15) is 22.3 Å². The van der Waals surface area contributed by atoms with Gasteiger partial charge in [0.2, 0.25) is 0 Å². The second-order valence-corrected chi connectivity index (χ2v) is 6.20. The quantitative estimate of drug-likeness (QED) is 0.487. The molecule has 0 aliphatic heterocycles. The van der Waals surface area contributed by atoms with Crippen LogP contribution in [-0.2, 0) is 13.5 Å².